The van der Waals surface area contributed by atoms with Gasteiger partial charge in [0.2, 0.25) is 5.91 Å². The Bertz CT molecular complexity index is 455. The van der Waals surface area contributed by atoms with Gasteiger partial charge in [-0.25, -0.2) is 0 Å². The van der Waals surface area contributed by atoms with Crippen LogP contribution in [0.25, 0.3) is 0 Å². The summed E-state index contributed by atoms with van der Waals surface area (Å²) in [7, 11) is 0. The Balaban J connectivity index is 1.64. The van der Waals surface area contributed by atoms with Gasteiger partial charge in [-0.3, -0.25) is 9.89 Å². The first kappa shape index (κ1) is 12.4. The third-order valence-electron chi connectivity index (χ3n) is 3.89. The number of allylic oxidation sites excluding steroid dienone is 2. The molecule has 1 fully saturated rings. The van der Waals surface area contributed by atoms with E-state index in [4.69, 9.17) is 4.74 Å². The van der Waals surface area contributed by atoms with Gasteiger partial charge in [0.1, 0.15) is 6.10 Å². The molecule has 1 aliphatic carbocycles. The van der Waals surface area contributed by atoms with E-state index in [2.05, 4.69) is 22.3 Å². The van der Waals surface area contributed by atoms with E-state index in [-0.39, 0.29) is 17.9 Å². The van der Waals surface area contributed by atoms with Crippen molar-refractivity contribution < 1.29 is 9.53 Å². The van der Waals surface area contributed by atoms with Crippen LogP contribution in [0, 0.1) is 5.92 Å². The Morgan fingerprint density at radius 3 is 3.16 bits per heavy atom. The van der Waals surface area contributed by atoms with Crippen molar-refractivity contribution in [1.82, 2.24) is 15.1 Å². The van der Waals surface area contributed by atoms with Crippen LogP contribution in [0.4, 0.5) is 0 Å². The Morgan fingerprint density at radius 1 is 1.47 bits per heavy atom. The number of rotatable bonds is 2. The lowest BCUT2D eigenvalue weighted by Gasteiger charge is -2.35. The number of hydrogen-bond acceptors (Lipinski definition) is 3. The minimum absolute atomic E-state index is 0.0458. The first-order chi connectivity index (χ1) is 9.34. The number of morpholine rings is 1. The van der Waals surface area contributed by atoms with Gasteiger partial charge in [0.05, 0.1) is 19.3 Å². The molecule has 1 aromatic heterocycles. The average molecular weight is 261 g/mol. The SMILES string of the molecule is O=C([C@@H]1CC=CCC1)N1CCOC(c2cn[nH]c2)C1. The molecule has 0 saturated carbocycles. The summed E-state index contributed by atoms with van der Waals surface area (Å²) in [6, 6.07) is 0. The van der Waals surface area contributed by atoms with Crippen molar-refractivity contribution in [1.29, 1.82) is 0 Å². The molecule has 5 nitrogen and oxygen atoms in total. The van der Waals surface area contributed by atoms with Crippen LogP contribution in [0.15, 0.2) is 24.5 Å². The molecule has 0 radical (unpaired) electrons. The lowest BCUT2D eigenvalue weighted by atomic mass is 9.93. The first-order valence-corrected chi connectivity index (χ1v) is 6.88. The average Bonchev–Trinajstić information content (AvgIpc) is 3.02. The topological polar surface area (TPSA) is 58.2 Å². The second-order valence-electron chi connectivity index (χ2n) is 5.16. The zero-order valence-electron chi connectivity index (χ0n) is 10.9. The molecule has 0 aromatic carbocycles. The van der Waals surface area contributed by atoms with Crippen LogP contribution in [0.1, 0.15) is 30.9 Å². The van der Waals surface area contributed by atoms with Gasteiger partial charge >= 0.3 is 0 Å². The number of aromatic amines is 1. The maximum Gasteiger partial charge on any atom is 0.226 e. The van der Waals surface area contributed by atoms with E-state index in [1.807, 2.05) is 11.1 Å². The molecule has 2 heterocycles. The van der Waals surface area contributed by atoms with Gasteiger partial charge in [0, 0.05) is 24.2 Å². The van der Waals surface area contributed by atoms with Crippen molar-refractivity contribution in [3.05, 3.63) is 30.1 Å². The molecule has 1 N–H and O–H groups in total. The number of amides is 1. The lowest BCUT2D eigenvalue weighted by Crippen LogP contribution is -2.45. The normalized spacial score (nSPS) is 27.5. The van der Waals surface area contributed by atoms with Crippen LogP contribution in [0.3, 0.4) is 0 Å². The third kappa shape index (κ3) is 2.71. The Morgan fingerprint density at radius 2 is 2.42 bits per heavy atom. The molecule has 1 amide bonds. The Labute approximate surface area is 112 Å². The smallest absolute Gasteiger partial charge is 0.226 e. The summed E-state index contributed by atoms with van der Waals surface area (Å²) in [5, 5.41) is 6.73. The van der Waals surface area contributed by atoms with E-state index in [1.165, 1.54) is 0 Å². The quantitative estimate of drug-likeness (QED) is 0.824. The molecule has 1 unspecified atom stereocenters. The van der Waals surface area contributed by atoms with Gasteiger partial charge < -0.3 is 9.64 Å². The van der Waals surface area contributed by atoms with Gasteiger partial charge in [-0.05, 0) is 19.3 Å². The first-order valence-electron chi connectivity index (χ1n) is 6.88. The number of nitrogens with zero attached hydrogens (tertiary/aromatic N) is 2. The second-order valence-corrected chi connectivity index (χ2v) is 5.16. The van der Waals surface area contributed by atoms with E-state index in [1.54, 1.807) is 6.20 Å². The monoisotopic (exact) mass is 261 g/mol. The molecule has 1 saturated heterocycles. The molecule has 2 aliphatic rings. The standard InChI is InChI=1S/C14H19N3O2/c18-14(11-4-2-1-3-5-11)17-6-7-19-13(10-17)12-8-15-16-9-12/h1-2,8-9,11,13H,3-7,10H2,(H,15,16)/t11-,13?/m1/s1. The zero-order chi connectivity index (χ0) is 13.1. The highest BCUT2D eigenvalue weighted by molar-refractivity contribution is 5.79. The molecule has 3 rings (SSSR count). The molecule has 5 heteroatoms. The summed E-state index contributed by atoms with van der Waals surface area (Å²) in [4.78, 5) is 14.4. The minimum Gasteiger partial charge on any atom is -0.370 e. The molecule has 1 aromatic rings. The molecule has 1 aliphatic heterocycles. The molecular weight excluding hydrogens is 242 g/mol. The number of aromatic nitrogens is 2. The van der Waals surface area contributed by atoms with E-state index in [9.17, 15) is 4.79 Å². The van der Waals surface area contributed by atoms with Crippen LogP contribution in [-0.2, 0) is 9.53 Å². The third-order valence-corrected chi connectivity index (χ3v) is 3.89. The van der Waals surface area contributed by atoms with Gasteiger partial charge in [-0.15, -0.1) is 0 Å². The highest BCUT2D eigenvalue weighted by atomic mass is 16.5. The van der Waals surface area contributed by atoms with Gasteiger partial charge in [0.25, 0.3) is 0 Å². The molecule has 19 heavy (non-hydrogen) atoms. The van der Waals surface area contributed by atoms with Crippen LogP contribution in [0.2, 0.25) is 0 Å². The van der Waals surface area contributed by atoms with Crippen LogP contribution in [-0.4, -0.2) is 40.7 Å². The number of hydrogen-bond donors (Lipinski definition) is 1. The fourth-order valence-electron chi connectivity index (χ4n) is 2.76. The van der Waals surface area contributed by atoms with Gasteiger partial charge in [-0.2, -0.15) is 5.10 Å². The maximum absolute atomic E-state index is 12.5. The molecule has 0 bridgehead atoms. The number of H-pyrrole nitrogens is 1. The van der Waals surface area contributed by atoms with Crippen LogP contribution < -0.4 is 0 Å². The van der Waals surface area contributed by atoms with Crippen LogP contribution in [0.5, 0.6) is 0 Å². The Kier molecular flexibility index (Phi) is 3.64. The predicted molar refractivity (Wildman–Crippen MR) is 70.3 cm³/mol. The molecule has 2 atom stereocenters. The van der Waals surface area contributed by atoms with Gasteiger partial charge in [0.15, 0.2) is 0 Å². The molecule has 102 valence electrons. The van der Waals surface area contributed by atoms with E-state index in [0.717, 1.165) is 24.8 Å². The van der Waals surface area contributed by atoms with E-state index in [0.29, 0.717) is 19.7 Å². The number of ether oxygens (including phenoxy) is 1. The fraction of sp³-hybridized carbons (Fsp3) is 0.571. The summed E-state index contributed by atoms with van der Waals surface area (Å²) >= 11 is 0. The zero-order valence-corrected chi connectivity index (χ0v) is 10.9. The van der Waals surface area contributed by atoms with Crippen molar-refractivity contribution in [2.45, 2.75) is 25.4 Å². The highest BCUT2D eigenvalue weighted by Crippen LogP contribution is 2.25. The second kappa shape index (κ2) is 5.57. The van der Waals surface area contributed by atoms with E-state index >= 15 is 0 Å². The molecule has 0 spiro atoms. The summed E-state index contributed by atoms with van der Waals surface area (Å²) in [6.45, 7) is 1.94. The largest absolute Gasteiger partial charge is 0.370 e. The summed E-state index contributed by atoms with van der Waals surface area (Å²) in [5.74, 6) is 0.439. The number of carbonyl (C=O) groups excluding carboxylic acids is 1. The fourth-order valence-corrected chi connectivity index (χ4v) is 2.76. The summed E-state index contributed by atoms with van der Waals surface area (Å²) in [5.41, 5.74) is 1.01. The van der Waals surface area contributed by atoms with Crippen molar-refractivity contribution in [2.75, 3.05) is 19.7 Å². The lowest BCUT2D eigenvalue weighted by molar-refractivity contribution is -0.143. The predicted octanol–water partition coefficient (Wildman–Crippen LogP) is 1.67. The van der Waals surface area contributed by atoms with Crippen molar-refractivity contribution in [3.63, 3.8) is 0 Å². The highest BCUT2D eigenvalue weighted by Gasteiger charge is 2.30. The number of nitrogens with one attached hydrogen (secondary N) is 1. The molecular formula is C14H19N3O2. The van der Waals surface area contributed by atoms with Crippen molar-refractivity contribution in [2.24, 2.45) is 5.92 Å². The van der Waals surface area contributed by atoms with E-state index < -0.39 is 0 Å². The van der Waals surface area contributed by atoms with Crippen molar-refractivity contribution >= 4 is 5.91 Å². The maximum atomic E-state index is 12.5. The Hall–Kier alpha value is -1.62. The van der Waals surface area contributed by atoms with Gasteiger partial charge in [-0.1, -0.05) is 12.2 Å². The number of carbonyl (C=O) groups is 1. The van der Waals surface area contributed by atoms with Crippen molar-refractivity contribution in [3.8, 4) is 0 Å². The van der Waals surface area contributed by atoms with Crippen LogP contribution >= 0.6 is 0 Å². The summed E-state index contributed by atoms with van der Waals surface area (Å²) < 4.78 is 5.72. The minimum atomic E-state index is -0.0458. The summed E-state index contributed by atoms with van der Waals surface area (Å²) in [6.07, 6.45) is 10.7.